The zero-order chi connectivity index (χ0) is 17.1. The fourth-order valence-corrected chi connectivity index (χ4v) is 4.04. The van der Waals surface area contributed by atoms with Gasteiger partial charge in [-0.3, -0.25) is 9.59 Å². The van der Waals surface area contributed by atoms with Crippen LogP contribution in [0.4, 0.5) is 5.69 Å². The van der Waals surface area contributed by atoms with Crippen molar-refractivity contribution >= 4 is 33.4 Å². The highest BCUT2D eigenvalue weighted by atomic mass is 79.9. The summed E-state index contributed by atoms with van der Waals surface area (Å²) >= 11 is 3.49. The molecule has 0 spiro atoms. The third-order valence-corrected chi connectivity index (χ3v) is 5.38. The minimum Gasteiger partial charge on any atom is -0.377 e. The molecule has 6 heteroatoms. The summed E-state index contributed by atoms with van der Waals surface area (Å²) in [5.41, 5.74) is 0.837. The van der Waals surface area contributed by atoms with Crippen molar-refractivity contribution in [1.82, 2.24) is 4.90 Å². The molecule has 2 amide bonds. The van der Waals surface area contributed by atoms with E-state index >= 15 is 0 Å². The van der Waals surface area contributed by atoms with Crippen LogP contribution in [0.1, 0.15) is 26.2 Å². The number of carbonyl (C=O) groups excluding carboxylic acids is 2. The van der Waals surface area contributed by atoms with Gasteiger partial charge in [-0.05, 0) is 47.8 Å². The van der Waals surface area contributed by atoms with Crippen molar-refractivity contribution < 1.29 is 14.3 Å². The molecule has 2 aliphatic rings. The van der Waals surface area contributed by atoms with Crippen molar-refractivity contribution in [3.05, 3.63) is 28.7 Å². The summed E-state index contributed by atoms with van der Waals surface area (Å²) in [6, 6.07) is 7.63. The standard InChI is InChI=1S/C18H23BrN2O3/c1-2-24-14-6-5-9-20(12-14)18(23)13-10-17(22)21(11-13)16-8-4-3-7-15(16)19/h3-4,7-8,13-14H,2,5-6,9-12H2,1H3. The summed E-state index contributed by atoms with van der Waals surface area (Å²) in [5.74, 6) is -0.161. The summed E-state index contributed by atoms with van der Waals surface area (Å²) in [7, 11) is 0. The molecule has 130 valence electrons. The van der Waals surface area contributed by atoms with Crippen LogP contribution in [0.3, 0.4) is 0 Å². The maximum absolute atomic E-state index is 12.8. The first-order valence-corrected chi connectivity index (χ1v) is 9.34. The van der Waals surface area contributed by atoms with Gasteiger partial charge < -0.3 is 14.5 Å². The van der Waals surface area contributed by atoms with E-state index in [0.29, 0.717) is 19.7 Å². The smallest absolute Gasteiger partial charge is 0.228 e. The molecule has 2 atom stereocenters. The largest absolute Gasteiger partial charge is 0.377 e. The van der Waals surface area contributed by atoms with Gasteiger partial charge in [0.05, 0.1) is 17.7 Å². The number of rotatable bonds is 4. The number of benzene rings is 1. The summed E-state index contributed by atoms with van der Waals surface area (Å²) in [5, 5.41) is 0. The van der Waals surface area contributed by atoms with Crippen LogP contribution in [-0.2, 0) is 14.3 Å². The number of hydrogen-bond donors (Lipinski definition) is 0. The fourth-order valence-electron chi connectivity index (χ4n) is 3.54. The van der Waals surface area contributed by atoms with Crippen molar-refractivity contribution in [2.75, 3.05) is 31.1 Å². The Bertz CT molecular complexity index is 620. The van der Waals surface area contributed by atoms with Gasteiger partial charge in [-0.1, -0.05) is 12.1 Å². The molecule has 2 unspecified atom stereocenters. The molecule has 0 N–H and O–H groups in total. The molecule has 0 aliphatic carbocycles. The molecule has 0 aromatic heterocycles. The van der Waals surface area contributed by atoms with E-state index < -0.39 is 0 Å². The lowest BCUT2D eigenvalue weighted by molar-refractivity contribution is -0.139. The molecule has 1 aromatic rings. The number of amides is 2. The van der Waals surface area contributed by atoms with E-state index in [4.69, 9.17) is 4.74 Å². The third kappa shape index (κ3) is 3.64. The summed E-state index contributed by atoms with van der Waals surface area (Å²) in [6.45, 7) is 4.51. The Morgan fingerprint density at radius 1 is 1.33 bits per heavy atom. The zero-order valence-electron chi connectivity index (χ0n) is 13.9. The fraction of sp³-hybridized carbons (Fsp3) is 0.556. The van der Waals surface area contributed by atoms with Crippen LogP contribution >= 0.6 is 15.9 Å². The molecule has 2 heterocycles. The Hall–Kier alpha value is -1.40. The predicted octanol–water partition coefficient (Wildman–Crippen LogP) is 2.83. The molecule has 5 nitrogen and oxygen atoms in total. The average Bonchev–Trinajstić information content (AvgIpc) is 2.97. The number of piperidine rings is 1. The van der Waals surface area contributed by atoms with Gasteiger partial charge in [0.25, 0.3) is 0 Å². The van der Waals surface area contributed by atoms with Gasteiger partial charge in [-0.25, -0.2) is 0 Å². The molecular weight excluding hydrogens is 372 g/mol. The summed E-state index contributed by atoms with van der Waals surface area (Å²) in [4.78, 5) is 28.8. The number of para-hydroxylation sites is 1. The molecule has 3 rings (SSSR count). The monoisotopic (exact) mass is 394 g/mol. The molecule has 0 saturated carbocycles. The van der Waals surface area contributed by atoms with Crippen LogP contribution in [0.15, 0.2) is 28.7 Å². The number of likely N-dealkylation sites (tertiary alicyclic amines) is 1. The van der Waals surface area contributed by atoms with Crippen LogP contribution in [0.2, 0.25) is 0 Å². The molecule has 2 saturated heterocycles. The Morgan fingerprint density at radius 3 is 2.88 bits per heavy atom. The molecule has 1 aromatic carbocycles. The summed E-state index contributed by atoms with van der Waals surface area (Å²) in [6.07, 6.45) is 2.38. The predicted molar refractivity (Wildman–Crippen MR) is 95.8 cm³/mol. The lowest BCUT2D eigenvalue weighted by atomic mass is 10.0. The van der Waals surface area contributed by atoms with Gasteiger partial charge in [0.2, 0.25) is 11.8 Å². The SMILES string of the molecule is CCOC1CCCN(C(=O)C2CC(=O)N(c3ccccc3Br)C2)C1. The van der Waals surface area contributed by atoms with E-state index in [9.17, 15) is 9.59 Å². The van der Waals surface area contributed by atoms with Gasteiger partial charge in [-0.2, -0.15) is 0 Å². The Morgan fingerprint density at radius 2 is 2.12 bits per heavy atom. The molecule has 0 radical (unpaired) electrons. The van der Waals surface area contributed by atoms with E-state index in [1.807, 2.05) is 36.1 Å². The van der Waals surface area contributed by atoms with Crippen LogP contribution in [-0.4, -0.2) is 49.1 Å². The van der Waals surface area contributed by atoms with Gasteiger partial charge in [0.15, 0.2) is 0 Å². The lowest BCUT2D eigenvalue weighted by Crippen LogP contribution is -2.46. The van der Waals surface area contributed by atoms with Crippen LogP contribution in [0.5, 0.6) is 0 Å². The highest BCUT2D eigenvalue weighted by Crippen LogP contribution is 2.32. The van der Waals surface area contributed by atoms with Gasteiger partial charge in [0, 0.05) is 37.1 Å². The summed E-state index contributed by atoms with van der Waals surface area (Å²) < 4.78 is 6.55. The zero-order valence-corrected chi connectivity index (χ0v) is 15.5. The second-order valence-corrected chi connectivity index (χ2v) is 7.21. The molecule has 2 aliphatic heterocycles. The van der Waals surface area contributed by atoms with E-state index in [-0.39, 0.29) is 30.3 Å². The van der Waals surface area contributed by atoms with Crippen LogP contribution in [0.25, 0.3) is 0 Å². The van der Waals surface area contributed by atoms with Crippen molar-refractivity contribution in [3.63, 3.8) is 0 Å². The highest BCUT2D eigenvalue weighted by Gasteiger charge is 2.38. The number of hydrogen-bond acceptors (Lipinski definition) is 3. The van der Waals surface area contributed by atoms with Crippen molar-refractivity contribution in [1.29, 1.82) is 0 Å². The van der Waals surface area contributed by atoms with E-state index in [1.54, 1.807) is 4.90 Å². The first-order valence-electron chi connectivity index (χ1n) is 8.55. The van der Waals surface area contributed by atoms with Crippen molar-refractivity contribution in [2.45, 2.75) is 32.3 Å². The first-order chi connectivity index (χ1) is 11.6. The number of carbonyl (C=O) groups is 2. The molecular formula is C18H23BrN2O3. The van der Waals surface area contributed by atoms with Gasteiger partial charge in [-0.15, -0.1) is 0 Å². The number of ether oxygens (including phenoxy) is 1. The Labute approximate surface area is 151 Å². The molecule has 0 bridgehead atoms. The van der Waals surface area contributed by atoms with E-state index in [2.05, 4.69) is 15.9 Å². The quantitative estimate of drug-likeness (QED) is 0.788. The van der Waals surface area contributed by atoms with Crippen LogP contribution in [0, 0.1) is 5.92 Å². The van der Waals surface area contributed by atoms with E-state index in [0.717, 1.165) is 29.5 Å². The van der Waals surface area contributed by atoms with Crippen molar-refractivity contribution in [3.8, 4) is 0 Å². The van der Waals surface area contributed by atoms with Crippen molar-refractivity contribution in [2.24, 2.45) is 5.92 Å². The molecule has 2 fully saturated rings. The highest BCUT2D eigenvalue weighted by molar-refractivity contribution is 9.10. The maximum Gasteiger partial charge on any atom is 0.228 e. The second-order valence-electron chi connectivity index (χ2n) is 6.36. The van der Waals surface area contributed by atoms with Gasteiger partial charge in [0.1, 0.15) is 0 Å². The molecule has 24 heavy (non-hydrogen) atoms. The van der Waals surface area contributed by atoms with Crippen LogP contribution < -0.4 is 4.90 Å². The van der Waals surface area contributed by atoms with Gasteiger partial charge >= 0.3 is 0 Å². The minimum atomic E-state index is -0.259. The first kappa shape index (κ1) is 17.4. The minimum absolute atomic E-state index is 0.0126. The Kier molecular flexibility index (Phi) is 5.56. The lowest BCUT2D eigenvalue weighted by Gasteiger charge is -2.34. The number of halogens is 1. The van der Waals surface area contributed by atoms with E-state index in [1.165, 1.54) is 0 Å². The Balaban J connectivity index is 1.67. The topological polar surface area (TPSA) is 49.9 Å². The second kappa shape index (κ2) is 7.66. The third-order valence-electron chi connectivity index (χ3n) is 4.71. The number of nitrogens with zero attached hydrogens (tertiary/aromatic N) is 2. The number of anilines is 1. The normalized spacial score (nSPS) is 24.5. The maximum atomic E-state index is 12.8. The average molecular weight is 395 g/mol.